The van der Waals surface area contributed by atoms with E-state index in [4.69, 9.17) is 9.47 Å². The highest BCUT2D eigenvalue weighted by Crippen LogP contribution is 2.30. The molecule has 0 saturated carbocycles. The van der Waals surface area contributed by atoms with Crippen molar-refractivity contribution < 1.29 is 28.7 Å². The molecule has 0 fully saturated rings. The molecule has 0 aromatic heterocycles. The minimum atomic E-state index is -1.07. The van der Waals surface area contributed by atoms with E-state index in [1.54, 1.807) is 45.0 Å². The van der Waals surface area contributed by atoms with E-state index >= 15 is 0 Å². The lowest BCUT2D eigenvalue weighted by molar-refractivity contribution is -0.170. The number of carbonyl (C=O) groups is 4. The number of carbonyl (C=O) groups excluding carboxylic acids is 4. The van der Waals surface area contributed by atoms with Gasteiger partial charge in [-0.3, -0.25) is 24.1 Å². The summed E-state index contributed by atoms with van der Waals surface area (Å²) in [6.07, 6.45) is 0.336. The zero-order chi connectivity index (χ0) is 25.8. The number of hydrogen-bond donors (Lipinski definition) is 0. The summed E-state index contributed by atoms with van der Waals surface area (Å²) in [4.78, 5) is 53.7. The maximum atomic E-state index is 13.4. The molecular formula is C28H33NO6. The van der Waals surface area contributed by atoms with Gasteiger partial charge in [0.15, 0.2) is 0 Å². The van der Waals surface area contributed by atoms with E-state index in [-0.39, 0.29) is 30.2 Å². The Morgan fingerprint density at radius 1 is 0.829 bits per heavy atom. The van der Waals surface area contributed by atoms with Crippen LogP contribution >= 0.6 is 0 Å². The van der Waals surface area contributed by atoms with Gasteiger partial charge in [-0.1, -0.05) is 56.3 Å². The van der Waals surface area contributed by atoms with Crippen LogP contribution in [0.25, 0.3) is 0 Å². The summed E-state index contributed by atoms with van der Waals surface area (Å²) < 4.78 is 11.2. The van der Waals surface area contributed by atoms with Gasteiger partial charge in [-0.25, -0.2) is 0 Å². The lowest BCUT2D eigenvalue weighted by Crippen LogP contribution is -2.44. The quantitative estimate of drug-likeness (QED) is 0.384. The molecule has 2 atom stereocenters. The molecule has 7 heteroatoms. The predicted molar refractivity (Wildman–Crippen MR) is 130 cm³/mol. The second kappa shape index (κ2) is 10.8. The number of imide groups is 1. The van der Waals surface area contributed by atoms with Gasteiger partial charge in [0.25, 0.3) is 11.8 Å². The minimum absolute atomic E-state index is 0.0149. The molecule has 35 heavy (non-hydrogen) atoms. The van der Waals surface area contributed by atoms with Gasteiger partial charge >= 0.3 is 11.9 Å². The topological polar surface area (TPSA) is 90.0 Å². The van der Waals surface area contributed by atoms with Crippen LogP contribution in [0.1, 0.15) is 67.3 Å². The molecule has 0 bridgehead atoms. The second-order valence-electron chi connectivity index (χ2n) is 10.2. The first kappa shape index (κ1) is 26.1. The van der Waals surface area contributed by atoms with Crippen molar-refractivity contribution in [3.05, 3.63) is 71.3 Å². The molecule has 0 N–H and O–H groups in total. The van der Waals surface area contributed by atoms with Crippen molar-refractivity contribution in [1.29, 1.82) is 0 Å². The molecule has 2 amide bonds. The van der Waals surface area contributed by atoms with E-state index in [0.29, 0.717) is 6.42 Å². The molecule has 3 rings (SSSR count). The van der Waals surface area contributed by atoms with Gasteiger partial charge in [0.2, 0.25) is 0 Å². The highest BCUT2D eigenvalue weighted by atomic mass is 16.6. The summed E-state index contributed by atoms with van der Waals surface area (Å²) in [6.45, 7) is 8.88. The number of fused-ring (bicyclic) bond motifs is 1. The number of benzene rings is 2. The highest BCUT2D eigenvalue weighted by Gasteiger charge is 2.44. The van der Waals surface area contributed by atoms with E-state index in [0.717, 1.165) is 10.5 Å². The number of rotatable bonds is 9. The van der Waals surface area contributed by atoms with Crippen LogP contribution in [-0.2, 0) is 25.7 Å². The van der Waals surface area contributed by atoms with E-state index in [1.165, 1.54) is 0 Å². The van der Waals surface area contributed by atoms with Gasteiger partial charge in [-0.2, -0.15) is 0 Å². The Hall–Kier alpha value is -3.48. The largest absolute Gasteiger partial charge is 0.461 e. The first-order valence-corrected chi connectivity index (χ1v) is 11.9. The Morgan fingerprint density at radius 2 is 1.37 bits per heavy atom. The molecule has 2 aromatic rings. The lowest BCUT2D eigenvalue weighted by Gasteiger charge is -2.31. The Labute approximate surface area is 206 Å². The van der Waals surface area contributed by atoms with Crippen molar-refractivity contribution in [2.75, 3.05) is 6.54 Å². The Kier molecular flexibility index (Phi) is 8.10. The van der Waals surface area contributed by atoms with Crippen molar-refractivity contribution in [1.82, 2.24) is 4.90 Å². The summed E-state index contributed by atoms with van der Waals surface area (Å²) in [5, 5.41) is 0. The number of amides is 2. The van der Waals surface area contributed by atoms with Crippen molar-refractivity contribution in [2.45, 2.75) is 53.2 Å². The van der Waals surface area contributed by atoms with Gasteiger partial charge < -0.3 is 9.47 Å². The highest BCUT2D eigenvalue weighted by molar-refractivity contribution is 6.21. The molecule has 186 valence electrons. The number of hydrogen-bond acceptors (Lipinski definition) is 6. The Balaban J connectivity index is 1.92. The molecule has 1 aliphatic heterocycles. The van der Waals surface area contributed by atoms with Crippen LogP contribution in [0, 0.1) is 17.8 Å². The first-order chi connectivity index (χ1) is 16.5. The fourth-order valence-corrected chi connectivity index (χ4v) is 4.11. The van der Waals surface area contributed by atoms with E-state index in [9.17, 15) is 19.2 Å². The smallest absolute Gasteiger partial charge is 0.311 e. The van der Waals surface area contributed by atoms with Gasteiger partial charge in [-0.15, -0.1) is 0 Å². The maximum Gasteiger partial charge on any atom is 0.311 e. The molecule has 0 radical (unpaired) electrons. The SMILES string of the molecule is CC(C)CC(C(=O)OC(C)(C)C)[C@H](CN1C(=O)c2ccccc2C1=O)C(=O)OCc1ccccc1. The third-order valence-electron chi connectivity index (χ3n) is 5.70. The van der Waals surface area contributed by atoms with Crippen LogP contribution in [0.15, 0.2) is 54.6 Å². The average Bonchev–Trinajstić information content (AvgIpc) is 3.04. The Morgan fingerprint density at radius 3 is 1.89 bits per heavy atom. The first-order valence-electron chi connectivity index (χ1n) is 11.9. The monoisotopic (exact) mass is 479 g/mol. The molecule has 1 unspecified atom stereocenters. The molecule has 0 spiro atoms. The third-order valence-corrected chi connectivity index (χ3v) is 5.70. The number of ether oxygens (including phenoxy) is 2. The van der Waals surface area contributed by atoms with Crippen molar-refractivity contribution in [3.8, 4) is 0 Å². The standard InChI is InChI=1S/C28H33NO6/c1-18(2)15-22(27(33)35-28(3,4)5)23(26(32)34-17-19-11-7-6-8-12-19)16-29-24(30)20-13-9-10-14-21(20)25(29)31/h6-14,18,22-23H,15-17H2,1-5H3/t22?,23-/m0/s1. The van der Waals surface area contributed by atoms with Gasteiger partial charge in [0.05, 0.1) is 23.0 Å². The van der Waals surface area contributed by atoms with Crippen LogP contribution in [0.2, 0.25) is 0 Å². The van der Waals surface area contributed by atoms with Crippen LogP contribution in [0.3, 0.4) is 0 Å². The second-order valence-corrected chi connectivity index (χ2v) is 10.2. The molecule has 2 aromatic carbocycles. The normalized spacial score (nSPS) is 15.1. The van der Waals surface area contributed by atoms with E-state index in [1.807, 2.05) is 44.2 Å². The molecular weight excluding hydrogens is 446 g/mol. The van der Waals surface area contributed by atoms with Crippen LogP contribution in [0.4, 0.5) is 0 Å². The van der Waals surface area contributed by atoms with Crippen LogP contribution in [0.5, 0.6) is 0 Å². The summed E-state index contributed by atoms with van der Waals surface area (Å²) in [6, 6.07) is 15.7. The zero-order valence-corrected chi connectivity index (χ0v) is 20.9. The average molecular weight is 480 g/mol. The number of nitrogens with zero attached hydrogens (tertiary/aromatic N) is 1. The van der Waals surface area contributed by atoms with Crippen LogP contribution < -0.4 is 0 Å². The minimum Gasteiger partial charge on any atom is -0.461 e. The van der Waals surface area contributed by atoms with Crippen molar-refractivity contribution >= 4 is 23.8 Å². The zero-order valence-electron chi connectivity index (χ0n) is 20.9. The third kappa shape index (κ3) is 6.56. The van der Waals surface area contributed by atoms with Gasteiger partial charge in [-0.05, 0) is 50.8 Å². The lowest BCUT2D eigenvalue weighted by atomic mass is 9.84. The predicted octanol–water partition coefficient (Wildman–Crippen LogP) is 4.65. The summed E-state index contributed by atoms with van der Waals surface area (Å²) >= 11 is 0. The van der Waals surface area contributed by atoms with E-state index < -0.39 is 41.2 Å². The number of esters is 2. The molecule has 7 nitrogen and oxygen atoms in total. The van der Waals surface area contributed by atoms with Crippen molar-refractivity contribution in [2.24, 2.45) is 17.8 Å². The van der Waals surface area contributed by atoms with Gasteiger partial charge in [0, 0.05) is 6.54 Å². The molecule has 1 heterocycles. The summed E-state index contributed by atoms with van der Waals surface area (Å²) in [5.74, 6) is -4.08. The summed E-state index contributed by atoms with van der Waals surface area (Å²) in [5.41, 5.74) is 0.594. The van der Waals surface area contributed by atoms with Gasteiger partial charge in [0.1, 0.15) is 12.2 Å². The molecule has 1 aliphatic rings. The van der Waals surface area contributed by atoms with Crippen LogP contribution in [-0.4, -0.2) is 40.8 Å². The summed E-state index contributed by atoms with van der Waals surface area (Å²) in [7, 11) is 0. The molecule has 0 aliphatic carbocycles. The maximum absolute atomic E-state index is 13.4. The van der Waals surface area contributed by atoms with Crippen molar-refractivity contribution in [3.63, 3.8) is 0 Å². The fraction of sp³-hybridized carbons (Fsp3) is 0.429. The molecule has 0 saturated heterocycles. The Bertz CT molecular complexity index is 1050. The fourth-order valence-electron chi connectivity index (χ4n) is 4.11. The van der Waals surface area contributed by atoms with E-state index in [2.05, 4.69) is 0 Å².